The normalized spacial score (nSPS) is 21.6. The monoisotopic (exact) mass is 365 g/mol. The molecule has 0 N–H and O–H groups in total. The van der Waals surface area contributed by atoms with E-state index in [-0.39, 0.29) is 35.6 Å². The van der Waals surface area contributed by atoms with Gasteiger partial charge in [-0.1, -0.05) is 19.1 Å². The number of morpholine rings is 1. The maximum Gasteiger partial charge on any atom is 0.242 e. The van der Waals surface area contributed by atoms with Crippen molar-refractivity contribution >= 4 is 26.8 Å². The third-order valence-corrected chi connectivity index (χ3v) is 5.97. The molecule has 0 aliphatic carbocycles. The van der Waals surface area contributed by atoms with Crippen LogP contribution in [-0.2, 0) is 25.9 Å². The van der Waals surface area contributed by atoms with E-state index in [4.69, 9.17) is 4.74 Å². The number of sulfone groups is 1. The Morgan fingerprint density at radius 3 is 2.52 bits per heavy atom. The zero-order valence-electron chi connectivity index (χ0n) is 14.7. The highest BCUT2D eigenvalue weighted by molar-refractivity contribution is 7.91. The minimum Gasteiger partial charge on any atom is -0.372 e. The molecule has 1 aromatic carbocycles. The molecule has 2 atom stereocenters. The molecule has 7 nitrogen and oxygen atoms in total. The van der Waals surface area contributed by atoms with Gasteiger partial charge < -0.3 is 14.2 Å². The summed E-state index contributed by atoms with van der Waals surface area (Å²) in [5, 5.41) is -0.0427. The zero-order valence-corrected chi connectivity index (χ0v) is 15.5. The SMILES string of the molecule is CCS(=O)(=O)c1nc2ccccc2n1CC(=O)N1C[C@@H](C)O[C@@H](C)C1. The second-order valence-corrected chi connectivity index (χ2v) is 8.60. The summed E-state index contributed by atoms with van der Waals surface area (Å²) in [7, 11) is -3.53. The van der Waals surface area contributed by atoms with Crippen LogP contribution >= 0.6 is 0 Å². The molecular formula is C17H23N3O4S. The van der Waals surface area contributed by atoms with Gasteiger partial charge in [0.05, 0.1) is 29.0 Å². The number of nitrogens with zero attached hydrogens (tertiary/aromatic N) is 3. The van der Waals surface area contributed by atoms with Gasteiger partial charge in [0.25, 0.3) is 0 Å². The van der Waals surface area contributed by atoms with E-state index in [1.54, 1.807) is 30.0 Å². The first kappa shape index (κ1) is 17.9. The largest absolute Gasteiger partial charge is 0.372 e. The Kier molecular flexibility index (Phi) is 4.83. The summed E-state index contributed by atoms with van der Waals surface area (Å²) in [5.41, 5.74) is 1.23. The molecule has 1 aliphatic rings. The molecule has 0 radical (unpaired) electrons. The molecule has 1 aliphatic heterocycles. The first-order chi connectivity index (χ1) is 11.8. The zero-order chi connectivity index (χ0) is 18.2. The second kappa shape index (κ2) is 6.76. The molecule has 1 saturated heterocycles. The molecule has 2 aromatic rings. The number of amides is 1. The third-order valence-electron chi connectivity index (χ3n) is 4.34. The quantitative estimate of drug-likeness (QED) is 0.819. The Morgan fingerprint density at radius 2 is 1.88 bits per heavy atom. The predicted molar refractivity (Wildman–Crippen MR) is 94.0 cm³/mol. The van der Waals surface area contributed by atoms with Crippen molar-refractivity contribution in [1.82, 2.24) is 14.5 Å². The number of benzene rings is 1. The third kappa shape index (κ3) is 3.55. The Balaban J connectivity index is 1.97. The van der Waals surface area contributed by atoms with Gasteiger partial charge in [-0.3, -0.25) is 4.79 Å². The van der Waals surface area contributed by atoms with Crippen molar-refractivity contribution in [2.45, 2.75) is 44.7 Å². The molecule has 25 heavy (non-hydrogen) atoms. The summed E-state index contributed by atoms with van der Waals surface area (Å²) in [6.07, 6.45) is -0.0721. The smallest absolute Gasteiger partial charge is 0.242 e. The summed E-state index contributed by atoms with van der Waals surface area (Å²) < 4.78 is 32.0. The number of hydrogen-bond donors (Lipinski definition) is 0. The van der Waals surface area contributed by atoms with Crippen molar-refractivity contribution < 1.29 is 17.9 Å². The minimum atomic E-state index is -3.53. The number of hydrogen-bond acceptors (Lipinski definition) is 5. The van der Waals surface area contributed by atoms with E-state index < -0.39 is 9.84 Å². The van der Waals surface area contributed by atoms with Crippen molar-refractivity contribution in [3.8, 4) is 0 Å². The van der Waals surface area contributed by atoms with Crippen molar-refractivity contribution in [3.63, 3.8) is 0 Å². The molecule has 0 spiro atoms. The number of aromatic nitrogens is 2. The Labute approximate surface area is 147 Å². The summed E-state index contributed by atoms with van der Waals surface area (Å²) >= 11 is 0. The van der Waals surface area contributed by atoms with Gasteiger partial charge in [-0.2, -0.15) is 0 Å². The average molecular weight is 365 g/mol. The Morgan fingerprint density at radius 1 is 1.24 bits per heavy atom. The van der Waals surface area contributed by atoms with Crippen LogP contribution in [-0.4, -0.2) is 59.8 Å². The van der Waals surface area contributed by atoms with Crippen molar-refractivity contribution in [1.29, 1.82) is 0 Å². The number of rotatable bonds is 4. The minimum absolute atomic E-state index is 0.0360. The van der Waals surface area contributed by atoms with Crippen LogP contribution in [0.2, 0.25) is 0 Å². The standard InChI is InChI=1S/C17H23N3O4S/c1-4-25(22,23)17-18-14-7-5-6-8-15(14)20(17)11-16(21)19-9-12(2)24-13(3)10-19/h5-8,12-13H,4,9-11H2,1-3H3/t12-,13+. The average Bonchev–Trinajstić information content (AvgIpc) is 2.93. The van der Waals surface area contributed by atoms with Crippen LogP contribution in [0.3, 0.4) is 0 Å². The molecule has 1 amide bonds. The van der Waals surface area contributed by atoms with Gasteiger partial charge in [-0.05, 0) is 26.0 Å². The van der Waals surface area contributed by atoms with Crippen LogP contribution in [0.4, 0.5) is 0 Å². The predicted octanol–water partition coefficient (Wildman–Crippen LogP) is 1.47. The number of ether oxygens (including phenoxy) is 1. The first-order valence-electron chi connectivity index (χ1n) is 8.43. The van der Waals surface area contributed by atoms with Crippen molar-refractivity contribution in [2.24, 2.45) is 0 Å². The van der Waals surface area contributed by atoms with E-state index in [1.807, 2.05) is 19.9 Å². The molecule has 2 heterocycles. The van der Waals surface area contributed by atoms with Gasteiger partial charge in [0.2, 0.25) is 20.9 Å². The molecule has 0 saturated carbocycles. The Hall–Kier alpha value is -1.93. The number of imidazole rings is 1. The summed E-state index contributed by atoms with van der Waals surface area (Å²) in [6.45, 7) is 6.39. The van der Waals surface area contributed by atoms with Crippen molar-refractivity contribution in [3.05, 3.63) is 24.3 Å². The fourth-order valence-corrected chi connectivity index (χ4v) is 4.18. The van der Waals surface area contributed by atoms with E-state index in [0.29, 0.717) is 24.1 Å². The highest BCUT2D eigenvalue weighted by atomic mass is 32.2. The lowest BCUT2D eigenvalue weighted by atomic mass is 10.2. The number of para-hydroxylation sites is 2. The number of carbonyl (C=O) groups excluding carboxylic acids is 1. The summed E-state index contributed by atoms with van der Waals surface area (Å²) in [6, 6.07) is 7.15. The van der Waals surface area contributed by atoms with Crippen LogP contribution in [0.5, 0.6) is 0 Å². The highest BCUT2D eigenvalue weighted by Gasteiger charge is 2.28. The van der Waals surface area contributed by atoms with Gasteiger partial charge in [0.15, 0.2) is 0 Å². The summed E-state index contributed by atoms with van der Waals surface area (Å²) in [5.74, 6) is -0.187. The maximum absolute atomic E-state index is 12.8. The molecule has 1 aromatic heterocycles. The van der Waals surface area contributed by atoms with Gasteiger partial charge in [0.1, 0.15) is 6.54 Å². The van der Waals surface area contributed by atoms with Gasteiger partial charge >= 0.3 is 0 Å². The topological polar surface area (TPSA) is 81.5 Å². The van der Waals surface area contributed by atoms with E-state index in [0.717, 1.165) is 0 Å². The lowest BCUT2D eigenvalue weighted by molar-refractivity contribution is -0.143. The molecule has 136 valence electrons. The number of carbonyl (C=O) groups is 1. The number of fused-ring (bicyclic) bond motifs is 1. The van der Waals surface area contributed by atoms with Crippen molar-refractivity contribution in [2.75, 3.05) is 18.8 Å². The molecule has 1 fully saturated rings. The van der Waals surface area contributed by atoms with E-state index in [9.17, 15) is 13.2 Å². The van der Waals surface area contributed by atoms with Gasteiger partial charge in [-0.25, -0.2) is 13.4 Å². The van der Waals surface area contributed by atoms with Crippen LogP contribution in [0, 0.1) is 0 Å². The fraction of sp³-hybridized carbons (Fsp3) is 0.529. The van der Waals surface area contributed by atoms with Crippen LogP contribution < -0.4 is 0 Å². The van der Waals surface area contributed by atoms with E-state index >= 15 is 0 Å². The van der Waals surface area contributed by atoms with Gasteiger partial charge in [-0.15, -0.1) is 0 Å². The van der Waals surface area contributed by atoms with E-state index in [2.05, 4.69) is 4.98 Å². The first-order valence-corrected chi connectivity index (χ1v) is 10.1. The van der Waals surface area contributed by atoms with Gasteiger partial charge in [0, 0.05) is 13.1 Å². The highest BCUT2D eigenvalue weighted by Crippen LogP contribution is 2.21. The molecule has 3 rings (SSSR count). The molecular weight excluding hydrogens is 342 g/mol. The molecule has 0 bridgehead atoms. The summed E-state index contributed by atoms with van der Waals surface area (Å²) in [4.78, 5) is 18.8. The van der Waals surface area contributed by atoms with Crippen LogP contribution in [0.25, 0.3) is 11.0 Å². The lowest BCUT2D eigenvalue weighted by Gasteiger charge is -2.35. The van der Waals surface area contributed by atoms with Crippen LogP contribution in [0.15, 0.2) is 29.4 Å². The lowest BCUT2D eigenvalue weighted by Crippen LogP contribution is -2.49. The van der Waals surface area contributed by atoms with E-state index in [1.165, 1.54) is 4.57 Å². The van der Waals surface area contributed by atoms with Crippen LogP contribution in [0.1, 0.15) is 20.8 Å². The second-order valence-electron chi connectivity index (χ2n) is 6.43. The Bertz CT molecular complexity index is 880. The maximum atomic E-state index is 12.8. The fourth-order valence-electron chi connectivity index (χ4n) is 3.19. The molecule has 0 unspecified atom stereocenters. The molecule has 8 heteroatoms.